The Morgan fingerprint density at radius 1 is 0.938 bits per heavy atom. The molecule has 3 atom stereocenters. The van der Waals surface area contributed by atoms with Gasteiger partial charge in [-0.2, -0.15) is 5.26 Å². The molecule has 0 saturated carbocycles. The van der Waals surface area contributed by atoms with Gasteiger partial charge in [-0.15, -0.1) is 0 Å². The highest BCUT2D eigenvalue weighted by atomic mass is 16.6. The molecule has 0 unspecified atom stereocenters. The predicted octanol–water partition coefficient (Wildman–Crippen LogP) is 7.15. The van der Waals surface area contributed by atoms with Crippen molar-refractivity contribution >= 4 is 22.8 Å². The van der Waals surface area contributed by atoms with Crippen LogP contribution in [0.4, 0.5) is 4.79 Å². The van der Waals surface area contributed by atoms with E-state index in [-0.39, 0.29) is 24.0 Å². The molecule has 250 valence electrons. The van der Waals surface area contributed by atoms with E-state index in [2.05, 4.69) is 85.6 Å². The number of nitriles is 1. The average molecular weight is 645 g/mol. The van der Waals surface area contributed by atoms with E-state index < -0.39 is 11.7 Å². The standard InChI is InChI=1S/C41H48N4O3/c1-28-11-17-35(29(2)19-28)23-37(43-40(47)48-41(4,5)6)26-44-25-30(3)45(27-38(44)21-31-12-14-32(24-42)15-13-31)39(46)22-33-16-18-34-9-7-8-10-36(34)20-33/h7-20,30,37-38H,21-23,25-27H2,1-6H3,(H,43,47)/t30-,37-,38+/m1/s1. The van der Waals surface area contributed by atoms with Gasteiger partial charge in [0.1, 0.15) is 5.60 Å². The summed E-state index contributed by atoms with van der Waals surface area (Å²) in [5.74, 6) is 0.112. The van der Waals surface area contributed by atoms with Gasteiger partial charge in [0.15, 0.2) is 0 Å². The normalized spacial score (nSPS) is 17.5. The molecule has 1 fully saturated rings. The number of amides is 2. The van der Waals surface area contributed by atoms with Crippen molar-refractivity contribution in [3.05, 3.63) is 118 Å². The summed E-state index contributed by atoms with van der Waals surface area (Å²) in [5.41, 5.74) is 5.69. The fraction of sp³-hybridized carbons (Fsp3) is 0.390. The molecule has 4 aromatic carbocycles. The molecule has 0 spiro atoms. The lowest BCUT2D eigenvalue weighted by Gasteiger charge is -2.46. The van der Waals surface area contributed by atoms with E-state index in [9.17, 15) is 14.9 Å². The van der Waals surface area contributed by atoms with Gasteiger partial charge in [-0.05, 0) is 99.5 Å². The minimum atomic E-state index is -0.613. The highest BCUT2D eigenvalue weighted by Crippen LogP contribution is 2.24. The first-order chi connectivity index (χ1) is 22.9. The maximum absolute atomic E-state index is 13.9. The van der Waals surface area contributed by atoms with Crippen LogP contribution in [0.5, 0.6) is 0 Å². The number of fused-ring (bicyclic) bond motifs is 1. The molecule has 1 aliphatic heterocycles. The quantitative estimate of drug-likeness (QED) is 0.209. The number of alkyl carbamates (subject to hydrolysis) is 1. The summed E-state index contributed by atoms with van der Waals surface area (Å²) < 4.78 is 5.69. The Morgan fingerprint density at radius 3 is 2.33 bits per heavy atom. The number of aryl methyl sites for hydroxylation is 2. The number of benzene rings is 4. The molecule has 1 N–H and O–H groups in total. The molecule has 4 aromatic rings. The summed E-state index contributed by atoms with van der Waals surface area (Å²) in [6, 6.07) is 30.6. The Kier molecular flexibility index (Phi) is 10.9. The highest BCUT2D eigenvalue weighted by Gasteiger charge is 2.36. The second kappa shape index (κ2) is 15.0. The maximum atomic E-state index is 13.9. The van der Waals surface area contributed by atoms with Crippen LogP contribution in [0, 0.1) is 25.2 Å². The second-order valence-corrected chi connectivity index (χ2v) is 14.4. The Morgan fingerprint density at radius 2 is 1.65 bits per heavy atom. The Hall–Kier alpha value is -4.67. The molecule has 1 aliphatic rings. The summed E-state index contributed by atoms with van der Waals surface area (Å²) in [4.78, 5) is 31.5. The first-order valence-electron chi connectivity index (χ1n) is 16.9. The smallest absolute Gasteiger partial charge is 0.407 e. The maximum Gasteiger partial charge on any atom is 0.407 e. The third kappa shape index (κ3) is 9.23. The number of nitrogens with zero attached hydrogens (tertiary/aromatic N) is 3. The SMILES string of the molecule is Cc1ccc(C[C@H](CN2C[C@@H](C)N(C(=O)Cc3ccc4ccccc4c3)C[C@@H]2Cc2ccc(C#N)cc2)NC(=O)OC(C)(C)C)c(C)c1. The van der Waals surface area contributed by atoms with E-state index in [1.165, 1.54) is 16.7 Å². The van der Waals surface area contributed by atoms with Crippen molar-refractivity contribution in [2.45, 2.75) is 84.5 Å². The molecule has 2 amide bonds. The van der Waals surface area contributed by atoms with Gasteiger partial charge in [0.05, 0.1) is 18.1 Å². The van der Waals surface area contributed by atoms with Gasteiger partial charge in [-0.25, -0.2) is 4.79 Å². The zero-order valence-electron chi connectivity index (χ0n) is 29.1. The van der Waals surface area contributed by atoms with Crippen LogP contribution in [0.1, 0.15) is 61.1 Å². The molecule has 0 radical (unpaired) electrons. The molecule has 0 aliphatic carbocycles. The first kappa shape index (κ1) is 34.7. The molecule has 7 nitrogen and oxygen atoms in total. The fourth-order valence-electron chi connectivity index (χ4n) is 6.75. The third-order valence-corrected chi connectivity index (χ3v) is 9.14. The van der Waals surface area contributed by atoms with Gasteiger partial charge in [0, 0.05) is 37.8 Å². The molecule has 0 bridgehead atoms. The molecule has 5 rings (SSSR count). The lowest BCUT2D eigenvalue weighted by atomic mass is 9.95. The zero-order chi connectivity index (χ0) is 34.4. The molecule has 1 heterocycles. The zero-order valence-corrected chi connectivity index (χ0v) is 29.1. The van der Waals surface area contributed by atoms with Crippen LogP contribution in [-0.4, -0.2) is 65.2 Å². The third-order valence-electron chi connectivity index (χ3n) is 9.14. The van der Waals surface area contributed by atoms with Gasteiger partial charge >= 0.3 is 6.09 Å². The molecule has 7 heteroatoms. The molecule has 48 heavy (non-hydrogen) atoms. The van der Waals surface area contributed by atoms with Crippen LogP contribution in [0.15, 0.2) is 84.9 Å². The van der Waals surface area contributed by atoms with Crippen molar-refractivity contribution in [3.63, 3.8) is 0 Å². The molecule has 0 aromatic heterocycles. The summed E-state index contributed by atoms with van der Waals surface area (Å²) in [7, 11) is 0. The van der Waals surface area contributed by atoms with Crippen molar-refractivity contribution in [2.75, 3.05) is 19.6 Å². The van der Waals surface area contributed by atoms with E-state index in [0.29, 0.717) is 44.5 Å². The topological polar surface area (TPSA) is 85.7 Å². The van der Waals surface area contributed by atoms with E-state index in [1.54, 1.807) is 0 Å². The largest absolute Gasteiger partial charge is 0.444 e. The summed E-state index contributed by atoms with van der Waals surface area (Å²) in [6.45, 7) is 13.8. The van der Waals surface area contributed by atoms with Gasteiger partial charge in [0.25, 0.3) is 0 Å². The monoisotopic (exact) mass is 644 g/mol. The number of carbonyl (C=O) groups excluding carboxylic acids is 2. The van der Waals surface area contributed by atoms with Crippen LogP contribution in [-0.2, 0) is 28.8 Å². The van der Waals surface area contributed by atoms with E-state index >= 15 is 0 Å². The van der Waals surface area contributed by atoms with Gasteiger partial charge in [0.2, 0.25) is 5.91 Å². The van der Waals surface area contributed by atoms with Crippen molar-refractivity contribution in [1.82, 2.24) is 15.1 Å². The van der Waals surface area contributed by atoms with E-state index in [0.717, 1.165) is 21.9 Å². The Balaban J connectivity index is 1.39. The number of rotatable bonds is 9. The lowest BCUT2D eigenvalue weighted by Crippen LogP contribution is -2.62. The Bertz CT molecular complexity index is 1790. The van der Waals surface area contributed by atoms with Crippen LogP contribution >= 0.6 is 0 Å². The van der Waals surface area contributed by atoms with Crippen molar-refractivity contribution in [1.29, 1.82) is 5.26 Å². The van der Waals surface area contributed by atoms with Crippen LogP contribution < -0.4 is 5.32 Å². The Labute approximate surface area is 285 Å². The van der Waals surface area contributed by atoms with Crippen LogP contribution in [0.2, 0.25) is 0 Å². The van der Waals surface area contributed by atoms with Crippen LogP contribution in [0.3, 0.4) is 0 Å². The minimum absolute atomic E-state index is 0.0109. The summed E-state index contributed by atoms with van der Waals surface area (Å²) in [5, 5.41) is 14.8. The van der Waals surface area contributed by atoms with Crippen molar-refractivity contribution in [3.8, 4) is 6.07 Å². The van der Waals surface area contributed by atoms with Crippen molar-refractivity contribution < 1.29 is 14.3 Å². The number of nitrogens with one attached hydrogen (secondary N) is 1. The lowest BCUT2D eigenvalue weighted by molar-refractivity contribution is -0.136. The number of hydrogen-bond donors (Lipinski definition) is 1. The first-order valence-corrected chi connectivity index (χ1v) is 16.9. The molecular formula is C41H48N4O3. The number of piperazine rings is 1. The highest BCUT2D eigenvalue weighted by molar-refractivity contribution is 5.85. The van der Waals surface area contributed by atoms with E-state index in [1.807, 2.05) is 62.1 Å². The van der Waals surface area contributed by atoms with E-state index in [4.69, 9.17) is 4.74 Å². The molecule has 1 saturated heterocycles. The van der Waals surface area contributed by atoms with Crippen molar-refractivity contribution in [2.24, 2.45) is 0 Å². The summed E-state index contributed by atoms with van der Waals surface area (Å²) >= 11 is 0. The minimum Gasteiger partial charge on any atom is -0.444 e. The van der Waals surface area contributed by atoms with Crippen LogP contribution in [0.25, 0.3) is 10.8 Å². The average Bonchev–Trinajstić information content (AvgIpc) is 3.03. The fourth-order valence-corrected chi connectivity index (χ4v) is 6.75. The van der Waals surface area contributed by atoms with Gasteiger partial charge in [-0.3, -0.25) is 9.69 Å². The number of carbonyl (C=O) groups is 2. The number of hydrogen-bond acceptors (Lipinski definition) is 5. The number of ether oxygens (including phenoxy) is 1. The summed E-state index contributed by atoms with van der Waals surface area (Å²) in [6.07, 6.45) is 1.28. The predicted molar refractivity (Wildman–Crippen MR) is 192 cm³/mol. The van der Waals surface area contributed by atoms with Gasteiger partial charge < -0.3 is 15.0 Å². The second-order valence-electron chi connectivity index (χ2n) is 14.4. The van der Waals surface area contributed by atoms with Gasteiger partial charge in [-0.1, -0.05) is 78.4 Å². The molecular weight excluding hydrogens is 596 g/mol.